The van der Waals surface area contributed by atoms with Crippen LogP contribution in [0.25, 0.3) is 6.08 Å². The molecule has 0 heterocycles. The first-order valence-electron chi connectivity index (χ1n) is 7.67. The van der Waals surface area contributed by atoms with E-state index in [1.54, 1.807) is 0 Å². The minimum absolute atomic E-state index is 0.192. The SMILES string of the molecule is C=CC1=C(C=C)C(OCCCOCc2ccc(C=C)cc2)C1. The number of hydrogen-bond acceptors (Lipinski definition) is 2. The van der Waals surface area contributed by atoms with Crippen LogP contribution in [0.15, 0.2) is 67.3 Å². The Balaban J connectivity index is 1.58. The molecule has 0 aromatic heterocycles. The van der Waals surface area contributed by atoms with Crippen molar-refractivity contribution in [3.8, 4) is 0 Å². The molecule has 116 valence electrons. The highest BCUT2D eigenvalue weighted by Gasteiger charge is 2.25. The quantitative estimate of drug-likeness (QED) is 0.583. The van der Waals surface area contributed by atoms with Gasteiger partial charge in [-0.3, -0.25) is 0 Å². The van der Waals surface area contributed by atoms with Gasteiger partial charge in [-0.25, -0.2) is 0 Å². The van der Waals surface area contributed by atoms with Crippen LogP contribution in [-0.2, 0) is 16.1 Å². The minimum Gasteiger partial charge on any atom is -0.377 e. The smallest absolute Gasteiger partial charge is 0.0867 e. The van der Waals surface area contributed by atoms with E-state index in [4.69, 9.17) is 9.47 Å². The van der Waals surface area contributed by atoms with Gasteiger partial charge in [-0.2, -0.15) is 0 Å². The maximum absolute atomic E-state index is 5.83. The van der Waals surface area contributed by atoms with Gasteiger partial charge in [0.15, 0.2) is 0 Å². The molecule has 1 unspecified atom stereocenters. The predicted octanol–water partition coefficient (Wildman–Crippen LogP) is 4.69. The number of hydrogen-bond donors (Lipinski definition) is 0. The summed E-state index contributed by atoms with van der Waals surface area (Å²) in [5.41, 5.74) is 4.73. The first kappa shape index (κ1) is 16.5. The van der Waals surface area contributed by atoms with Gasteiger partial charge < -0.3 is 9.47 Å². The van der Waals surface area contributed by atoms with Crippen LogP contribution in [0.1, 0.15) is 24.0 Å². The van der Waals surface area contributed by atoms with Crippen molar-refractivity contribution in [3.63, 3.8) is 0 Å². The number of ether oxygens (including phenoxy) is 2. The Labute approximate surface area is 133 Å². The summed E-state index contributed by atoms with van der Waals surface area (Å²) in [6, 6.07) is 8.23. The van der Waals surface area contributed by atoms with Crippen molar-refractivity contribution in [2.45, 2.75) is 25.6 Å². The van der Waals surface area contributed by atoms with Gasteiger partial charge in [-0.1, -0.05) is 62.2 Å². The second-order valence-corrected chi connectivity index (χ2v) is 5.30. The van der Waals surface area contributed by atoms with E-state index in [2.05, 4.69) is 31.9 Å². The zero-order valence-corrected chi connectivity index (χ0v) is 13.1. The zero-order chi connectivity index (χ0) is 15.8. The summed E-state index contributed by atoms with van der Waals surface area (Å²) in [5, 5.41) is 0. The molecule has 2 heteroatoms. The van der Waals surface area contributed by atoms with Crippen LogP contribution < -0.4 is 0 Å². The van der Waals surface area contributed by atoms with E-state index >= 15 is 0 Å². The summed E-state index contributed by atoms with van der Waals surface area (Å²) in [6.07, 6.45) is 7.63. The second kappa shape index (κ2) is 8.52. The average molecular weight is 296 g/mol. The highest BCUT2D eigenvalue weighted by molar-refractivity contribution is 5.47. The number of rotatable bonds is 10. The summed E-state index contributed by atoms with van der Waals surface area (Å²) in [6.45, 7) is 13.4. The van der Waals surface area contributed by atoms with Crippen LogP contribution in [0.3, 0.4) is 0 Å². The molecule has 0 fully saturated rings. The third-order valence-corrected chi connectivity index (χ3v) is 3.83. The van der Waals surface area contributed by atoms with E-state index in [0.29, 0.717) is 19.8 Å². The minimum atomic E-state index is 0.192. The average Bonchev–Trinajstić information content (AvgIpc) is 2.53. The number of allylic oxidation sites excluding steroid dienone is 1. The van der Waals surface area contributed by atoms with Gasteiger partial charge >= 0.3 is 0 Å². The van der Waals surface area contributed by atoms with Crippen LogP contribution in [0.5, 0.6) is 0 Å². The maximum atomic E-state index is 5.83. The lowest BCUT2D eigenvalue weighted by Gasteiger charge is -2.30. The van der Waals surface area contributed by atoms with Gasteiger partial charge in [0.05, 0.1) is 12.7 Å². The molecule has 2 nitrogen and oxygen atoms in total. The largest absolute Gasteiger partial charge is 0.377 e. The van der Waals surface area contributed by atoms with Crippen LogP contribution in [0.4, 0.5) is 0 Å². The molecule has 0 amide bonds. The van der Waals surface area contributed by atoms with Crippen molar-refractivity contribution in [1.82, 2.24) is 0 Å². The lowest BCUT2D eigenvalue weighted by atomic mass is 9.85. The van der Waals surface area contributed by atoms with E-state index in [1.807, 2.05) is 30.4 Å². The highest BCUT2D eigenvalue weighted by atomic mass is 16.5. The fourth-order valence-electron chi connectivity index (χ4n) is 2.44. The van der Waals surface area contributed by atoms with Gasteiger partial charge in [0.2, 0.25) is 0 Å². The summed E-state index contributed by atoms with van der Waals surface area (Å²) in [4.78, 5) is 0. The first-order valence-corrected chi connectivity index (χ1v) is 7.67. The van der Waals surface area contributed by atoms with Gasteiger partial charge in [0.1, 0.15) is 0 Å². The van der Waals surface area contributed by atoms with Gasteiger partial charge in [0.25, 0.3) is 0 Å². The van der Waals surface area contributed by atoms with Crippen molar-refractivity contribution in [1.29, 1.82) is 0 Å². The van der Waals surface area contributed by atoms with E-state index in [9.17, 15) is 0 Å². The summed E-state index contributed by atoms with van der Waals surface area (Å²) in [7, 11) is 0. The van der Waals surface area contributed by atoms with Crippen LogP contribution in [0, 0.1) is 0 Å². The molecule has 0 bridgehead atoms. The maximum Gasteiger partial charge on any atom is 0.0867 e. The third kappa shape index (κ3) is 4.30. The number of benzene rings is 1. The molecule has 0 spiro atoms. The molecule has 1 aliphatic carbocycles. The van der Waals surface area contributed by atoms with Crippen LogP contribution in [-0.4, -0.2) is 19.3 Å². The van der Waals surface area contributed by atoms with E-state index in [-0.39, 0.29) is 6.10 Å². The molecule has 0 saturated carbocycles. The standard InChI is InChI=1S/C20H24O2/c1-4-16-8-10-17(11-9-16)15-21-12-7-13-22-20-14-18(5-2)19(20)6-3/h4-6,8-11,20H,1-3,7,12-15H2. The van der Waals surface area contributed by atoms with E-state index in [0.717, 1.165) is 18.4 Å². The summed E-state index contributed by atoms with van der Waals surface area (Å²) >= 11 is 0. The Morgan fingerprint density at radius 2 is 1.77 bits per heavy atom. The van der Waals surface area contributed by atoms with Crippen LogP contribution >= 0.6 is 0 Å². The Morgan fingerprint density at radius 1 is 1.00 bits per heavy atom. The molecule has 22 heavy (non-hydrogen) atoms. The Hall–Kier alpha value is -1.90. The van der Waals surface area contributed by atoms with Gasteiger partial charge in [-0.05, 0) is 28.7 Å². The fraction of sp³-hybridized carbons (Fsp3) is 0.300. The predicted molar refractivity (Wildman–Crippen MR) is 92.6 cm³/mol. The Bertz CT molecular complexity index is 552. The van der Waals surface area contributed by atoms with Gasteiger partial charge in [-0.15, -0.1) is 0 Å². The van der Waals surface area contributed by atoms with Crippen molar-refractivity contribution >= 4 is 6.08 Å². The molecular formula is C20H24O2. The molecule has 0 radical (unpaired) electrons. The zero-order valence-electron chi connectivity index (χ0n) is 13.1. The molecular weight excluding hydrogens is 272 g/mol. The molecule has 1 aromatic carbocycles. The Morgan fingerprint density at radius 3 is 2.41 bits per heavy atom. The van der Waals surface area contributed by atoms with Crippen LogP contribution in [0.2, 0.25) is 0 Å². The molecule has 0 saturated heterocycles. The lowest BCUT2D eigenvalue weighted by Crippen LogP contribution is -2.26. The van der Waals surface area contributed by atoms with E-state index < -0.39 is 0 Å². The second-order valence-electron chi connectivity index (χ2n) is 5.30. The third-order valence-electron chi connectivity index (χ3n) is 3.83. The summed E-state index contributed by atoms with van der Waals surface area (Å²) < 4.78 is 11.5. The van der Waals surface area contributed by atoms with Crippen molar-refractivity contribution in [2.75, 3.05) is 13.2 Å². The lowest BCUT2D eigenvalue weighted by molar-refractivity contribution is 0.0403. The Kier molecular flexibility index (Phi) is 6.38. The van der Waals surface area contributed by atoms with Crippen molar-refractivity contribution < 1.29 is 9.47 Å². The fourth-order valence-corrected chi connectivity index (χ4v) is 2.44. The molecule has 1 atom stereocenters. The highest BCUT2D eigenvalue weighted by Crippen LogP contribution is 2.32. The van der Waals surface area contributed by atoms with Crippen molar-refractivity contribution in [2.24, 2.45) is 0 Å². The molecule has 2 rings (SSSR count). The van der Waals surface area contributed by atoms with Gasteiger partial charge in [0, 0.05) is 19.6 Å². The molecule has 0 N–H and O–H groups in total. The molecule has 0 aliphatic heterocycles. The monoisotopic (exact) mass is 296 g/mol. The summed E-state index contributed by atoms with van der Waals surface area (Å²) in [5.74, 6) is 0. The topological polar surface area (TPSA) is 18.5 Å². The first-order chi connectivity index (χ1) is 10.8. The van der Waals surface area contributed by atoms with E-state index in [1.165, 1.54) is 16.7 Å². The molecule has 1 aromatic rings. The normalized spacial score (nSPS) is 17.0. The van der Waals surface area contributed by atoms with Crippen molar-refractivity contribution in [3.05, 3.63) is 78.4 Å². The molecule has 1 aliphatic rings.